The second-order valence-electron chi connectivity index (χ2n) is 6.28. The first kappa shape index (κ1) is 15.8. The molecule has 2 amide bonds. The molecule has 1 atom stereocenters. The molecule has 2 aliphatic heterocycles. The zero-order valence-corrected chi connectivity index (χ0v) is 13.8. The molecule has 0 saturated carbocycles. The van der Waals surface area contributed by atoms with Crippen LogP contribution in [-0.4, -0.2) is 46.1 Å². The molecule has 0 spiro atoms. The lowest BCUT2D eigenvalue weighted by molar-refractivity contribution is -0.149. The van der Waals surface area contributed by atoms with Crippen molar-refractivity contribution in [3.05, 3.63) is 41.6 Å². The molecular formula is C17H18N4O4. The van der Waals surface area contributed by atoms with Crippen molar-refractivity contribution >= 4 is 17.5 Å². The maximum atomic E-state index is 12.8. The summed E-state index contributed by atoms with van der Waals surface area (Å²) in [6.45, 7) is 2.97. The van der Waals surface area contributed by atoms with Crippen molar-refractivity contribution in [2.45, 2.75) is 32.0 Å². The van der Waals surface area contributed by atoms with Crippen molar-refractivity contribution in [1.82, 2.24) is 15.1 Å². The number of aromatic nitrogens is 2. The summed E-state index contributed by atoms with van der Waals surface area (Å²) in [5.74, 6) is 0.343. The number of carbonyl (C=O) groups excluding carboxylic acids is 2. The standard InChI is InChI=1S/C17H18N4O4/c1-10-19-20-16(25-10)9-24-11-7-21(8-11)17(23)13-6-15(22)18-14-5-3-2-4-12(13)14/h2-5,11,13H,6-9H2,1H3,(H,18,22). The number of nitrogens with zero attached hydrogens (tertiary/aromatic N) is 3. The third kappa shape index (κ3) is 3.12. The second-order valence-corrected chi connectivity index (χ2v) is 6.28. The first-order valence-corrected chi connectivity index (χ1v) is 8.18. The van der Waals surface area contributed by atoms with Gasteiger partial charge in [-0.15, -0.1) is 10.2 Å². The number of rotatable bonds is 4. The lowest BCUT2D eigenvalue weighted by atomic mass is 9.88. The highest BCUT2D eigenvalue weighted by Gasteiger charge is 2.39. The van der Waals surface area contributed by atoms with Crippen LogP contribution in [0, 0.1) is 6.92 Å². The van der Waals surface area contributed by atoms with E-state index in [-0.39, 0.29) is 30.9 Å². The van der Waals surface area contributed by atoms with Crippen LogP contribution in [0.2, 0.25) is 0 Å². The van der Waals surface area contributed by atoms with E-state index in [0.29, 0.717) is 24.9 Å². The van der Waals surface area contributed by atoms with Crippen LogP contribution in [0.15, 0.2) is 28.7 Å². The van der Waals surface area contributed by atoms with E-state index in [1.165, 1.54) is 0 Å². The molecule has 25 heavy (non-hydrogen) atoms. The highest BCUT2D eigenvalue weighted by atomic mass is 16.5. The number of amides is 2. The number of benzene rings is 1. The van der Waals surface area contributed by atoms with E-state index < -0.39 is 5.92 Å². The van der Waals surface area contributed by atoms with Gasteiger partial charge in [0.05, 0.1) is 12.0 Å². The van der Waals surface area contributed by atoms with E-state index in [4.69, 9.17) is 9.15 Å². The molecule has 1 N–H and O–H groups in total. The topological polar surface area (TPSA) is 97.6 Å². The molecule has 8 nitrogen and oxygen atoms in total. The monoisotopic (exact) mass is 342 g/mol. The maximum absolute atomic E-state index is 12.8. The van der Waals surface area contributed by atoms with Crippen LogP contribution in [0.3, 0.4) is 0 Å². The third-order valence-electron chi connectivity index (χ3n) is 4.47. The number of para-hydroxylation sites is 1. The van der Waals surface area contributed by atoms with Crippen molar-refractivity contribution in [2.75, 3.05) is 18.4 Å². The lowest BCUT2D eigenvalue weighted by Gasteiger charge is -2.41. The molecule has 2 aromatic rings. The summed E-state index contributed by atoms with van der Waals surface area (Å²) >= 11 is 0. The lowest BCUT2D eigenvalue weighted by Crippen LogP contribution is -2.56. The van der Waals surface area contributed by atoms with Gasteiger partial charge in [-0.2, -0.15) is 0 Å². The van der Waals surface area contributed by atoms with Crippen LogP contribution in [0.4, 0.5) is 5.69 Å². The highest BCUT2D eigenvalue weighted by Crippen LogP contribution is 2.34. The van der Waals surface area contributed by atoms with Gasteiger partial charge in [-0.05, 0) is 11.6 Å². The number of ether oxygens (including phenoxy) is 1. The van der Waals surface area contributed by atoms with Gasteiger partial charge in [0.2, 0.25) is 23.6 Å². The van der Waals surface area contributed by atoms with Crippen LogP contribution < -0.4 is 5.32 Å². The summed E-state index contributed by atoms with van der Waals surface area (Å²) < 4.78 is 10.9. The molecule has 0 radical (unpaired) electrons. The Kier molecular flexibility index (Phi) is 3.96. The van der Waals surface area contributed by atoms with Gasteiger partial charge < -0.3 is 19.4 Å². The van der Waals surface area contributed by atoms with Crippen LogP contribution in [0.25, 0.3) is 0 Å². The summed E-state index contributed by atoms with van der Waals surface area (Å²) in [6.07, 6.45) is 0.128. The van der Waals surface area contributed by atoms with E-state index in [1.807, 2.05) is 24.3 Å². The third-order valence-corrected chi connectivity index (χ3v) is 4.47. The van der Waals surface area contributed by atoms with E-state index in [0.717, 1.165) is 11.3 Å². The number of nitrogens with one attached hydrogen (secondary N) is 1. The molecule has 1 fully saturated rings. The van der Waals surface area contributed by atoms with E-state index >= 15 is 0 Å². The number of hydrogen-bond donors (Lipinski definition) is 1. The van der Waals surface area contributed by atoms with E-state index in [1.54, 1.807) is 11.8 Å². The maximum Gasteiger partial charge on any atom is 0.242 e. The van der Waals surface area contributed by atoms with Gasteiger partial charge in [-0.1, -0.05) is 18.2 Å². The normalized spacial score (nSPS) is 20.0. The van der Waals surface area contributed by atoms with Gasteiger partial charge in [0.25, 0.3) is 0 Å². The number of carbonyl (C=O) groups is 2. The first-order chi connectivity index (χ1) is 12.1. The second kappa shape index (κ2) is 6.29. The van der Waals surface area contributed by atoms with Crippen LogP contribution in [0.5, 0.6) is 0 Å². The molecule has 0 aliphatic carbocycles. The fraction of sp³-hybridized carbons (Fsp3) is 0.412. The average molecular weight is 342 g/mol. The minimum atomic E-state index is -0.426. The Labute approximate surface area is 144 Å². The molecule has 2 aliphatic rings. The Bertz CT molecular complexity index is 812. The van der Waals surface area contributed by atoms with Crippen molar-refractivity contribution in [1.29, 1.82) is 0 Å². The molecule has 130 valence electrons. The Hall–Kier alpha value is -2.74. The van der Waals surface area contributed by atoms with Crippen LogP contribution in [-0.2, 0) is 20.9 Å². The first-order valence-electron chi connectivity index (χ1n) is 8.18. The summed E-state index contributed by atoms with van der Waals surface area (Å²) in [7, 11) is 0. The number of fused-ring (bicyclic) bond motifs is 1. The largest absolute Gasteiger partial charge is 0.423 e. The van der Waals surface area contributed by atoms with Gasteiger partial charge >= 0.3 is 0 Å². The zero-order chi connectivity index (χ0) is 17.4. The van der Waals surface area contributed by atoms with Gasteiger partial charge in [-0.3, -0.25) is 9.59 Å². The van der Waals surface area contributed by atoms with Crippen molar-refractivity contribution in [2.24, 2.45) is 0 Å². The number of aryl methyl sites for hydroxylation is 1. The minimum absolute atomic E-state index is 0.0317. The quantitative estimate of drug-likeness (QED) is 0.897. The van der Waals surface area contributed by atoms with Gasteiger partial charge in [0.1, 0.15) is 6.61 Å². The van der Waals surface area contributed by atoms with Crippen molar-refractivity contribution < 1.29 is 18.7 Å². The summed E-state index contributed by atoms with van der Waals surface area (Å²) in [6, 6.07) is 7.44. The Morgan fingerprint density at radius 2 is 2.16 bits per heavy atom. The van der Waals surface area contributed by atoms with Gasteiger partial charge in [0.15, 0.2) is 0 Å². The molecule has 0 bridgehead atoms. The van der Waals surface area contributed by atoms with E-state index in [2.05, 4.69) is 15.5 Å². The summed E-state index contributed by atoms with van der Waals surface area (Å²) in [5.41, 5.74) is 1.59. The molecular weight excluding hydrogens is 324 g/mol. The predicted octanol–water partition coefficient (Wildman–Crippen LogP) is 1.23. The Morgan fingerprint density at radius 1 is 1.36 bits per heavy atom. The fourth-order valence-electron chi connectivity index (χ4n) is 3.16. The molecule has 4 rings (SSSR count). The zero-order valence-electron chi connectivity index (χ0n) is 13.8. The Morgan fingerprint density at radius 3 is 2.92 bits per heavy atom. The number of anilines is 1. The molecule has 8 heteroatoms. The minimum Gasteiger partial charge on any atom is -0.423 e. The average Bonchev–Trinajstić information content (AvgIpc) is 2.97. The molecule has 1 unspecified atom stereocenters. The molecule has 3 heterocycles. The molecule has 1 aromatic heterocycles. The number of likely N-dealkylation sites (tertiary alicyclic amines) is 1. The summed E-state index contributed by atoms with van der Waals surface area (Å²) in [5, 5.41) is 10.4. The highest BCUT2D eigenvalue weighted by molar-refractivity contribution is 6.01. The SMILES string of the molecule is Cc1nnc(COC2CN(C(=O)C3CC(=O)Nc4ccccc43)C2)o1. The van der Waals surface area contributed by atoms with Crippen LogP contribution in [0.1, 0.15) is 29.7 Å². The molecule has 1 aromatic carbocycles. The Balaban J connectivity index is 1.35. The smallest absolute Gasteiger partial charge is 0.242 e. The number of hydrogen-bond acceptors (Lipinski definition) is 6. The van der Waals surface area contributed by atoms with Gasteiger partial charge in [-0.25, -0.2) is 0 Å². The van der Waals surface area contributed by atoms with Crippen molar-refractivity contribution in [3.63, 3.8) is 0 Å². The van der Waals surface area contributed by atoms with Gasteiger partial charge in [0, 0.05) is 32.1 Å². The summed E-state index contributed by atoms with van der Waals surface area (Å²) in [4.78, 5) is 26.4. The predicted molar refractivity (Wildman–Crippen MR) is 86.6 cm³/mol. The fourth-order valence-corrected chi connectivity index (χ4v) is 3.16. The van der Waals surface area contributed by atoms with Crippen molar-refractivity contribution in [3.8, 4) is 0 Å². The van der Waals surface area contributed by atoms with Crippen LogP contribution >= 0.6 is 0 Å². The van der Waals surface area contributed by atoms with E-state index in [9.17, 15) is 9.59 Å². The molecule has 1 saturated heterocycles.